The Morgan fingerprint density at radius 3 is 2.25 bits per heavy atom. The van der Waals surface area contributed by atoms with E-state index in [4.69, 9.17) is 14.2 Å². The van der Waals surface area contributed by atoms with Gasteiger partial charge in [-0.15, -0.1) is 0 Å². The highest BCUT2D eigenvalue weighted by Gasteiger charge is 2.23. The van der Waals surface area contributed by atoms with Crippen LogP contribution in [0.25, 0.3) is 0 Å². The molecule has 20 heavy (non-hydrogen) atoms. The summed E-state index contributed by atoms with van der Waals surface area (Å²) in [7, 11) is 1.65. The average Bonchev–Trinajstić information content (AvgIpc) is 2.40. The number of hydrogen-bond acceptors (Lipinski definition) is 4. The maximum absolute atomic E-state index is 10.3. The largest absolute Gasteiger partial charge is 0.490 e. The van der Waals surface area contributed by atoms with E-state index in [0.717, 1.165) is 5.56 Å². The van der Waals surface area contributed by atoms with E-state index in [-0.39, 0.29) is 5.60 Å². The minimum Gasteiger partial charge on any atom is -0.490 e. The topological polar surface area (TPSA) is 47.9 Å². The summed E-state index contributed by atoms with van der Waals surface area (Å²) in [5.41, 5.74) is 0.436. The summed E-state index contributed by atoms with van der Waals surface area (Å²) in [6, 6.07) is 5.54. The fourth-order valence-electron chi connectivity index (χ4n) is 1.94. The summed E-state index contributed by atoms with van der Waals surface area (Å²) in [5, 5.41) is 10.3. The van der Waals surface area contributed by atoms with E-state index in [0.29, 0.717) is 31.1 Å². The van der Waals surface area contributed by atoms with Gasteiger partial charge in [-0.05, 0) is 45.4 Å². The quantitative estimate of drug-likeness (QED) is 0.794. The molecule has 0 bridgehead atoms. The molecule has 0 heterocycles. The van der Waals surface area contributed by atoms with Gasteiger partial charge in [0.05, 0.1) is 24.9 Å². The van der Waals surface area contributed by atoms with Crippen LogP contribution >= 0.6 is 0 Å². The molecule has 0 fully saturated rings. The van der Waals surface area contributed by atoms with Crippen LogP contribution in [0, 0.1) is 0 Å². The molecule has 4 nitrogen and oxygen atoms in total. The molecule has 1 aromatic rings. The number of hydrogen-bond donors (Lipinski definition) is 1. The summed E-state index contributed by atoms with van der Waals surface area (Å²) >= 11 is 0. The highest BCUT2D eigenvalue weighted by atomic mass is 16.5. The molecule has 1 N–H and O–H groups in total. The first-order valence-corrected chi connectivity index (χ1v) is 7.06. The number of methoxy groups -OCH3 is 1. The van der Waals surface area contributed by atoms with Crippen LogP contribution in [0.5, 0.6) is 11.5 Å². The number of benzene rings is 1. The van der Waals surface area contributed by atoms with Gasteiger partial charge in [-0.1, -0.05) is 6.07 Å². The van der Waals surface area contributed by atoms with Gasteiger partial charge in [-0.2, -0.15) is 0 Å². The first-order valence-electron chi connectivity index (χ1n) is 7.06. The number of aliphatic hydroxyl groups excluding tert-OH is 1. The van der Waals surface area contributed by atoms with Crippen molar-refractivity contribution in [3.8, 4) is 11.5 Å². The lowest BCUT2D eigenvalue weighted by Crippen LogP contribution is -2.25. The molecular formula is C16H26O4. The summed E-state index contributed by atoms with van der Waals surface area (Å²) in [6.45, 7) is 8.90. The Morgan fingerprint density at radius 1 is 1.10 bits per heavy atom. The number of ether oxygens (including phenoxy) is 3. The predicted molar refractivity (Wildman–Crippen MR) is 79.4 cm³/mol. The van der Waals surface area contributed by atoms with E-state index in [1.54, 1.807) is 7.11 Å². The van der Waals surface area contributed by atoms with Crippen LogP contribution in [-0.2, 0) is 4.74 Å². The Kier molecular flexibility index (Phi) is 6.30. The van der Waals surface area contributed by atoms with Crippen LogP contribution < -0.4 is 9.47 Å². The molecule has 114 valence electrons. The van der Waals surface area contributed by atoms with Gasteiger partial charge in [0, 0.05) is 13.5 Å². The summed E-state index contributed by atoms with van der Waals surface area (Å²) in [6.07, 6.45) is -0.0805. The molecule has 0 aliphatic rings. The lowest BCUT2D eigenvalue weighted by atomic mass is 9.95. The molecule has 0 radical (unpaired) electrons. The molecule has 0 saturated carbocycles. The van der Waals surface area contributed by atoms with Crippen molar-refractivity contribution >= 4 is 0 Å². The van der Waals surface area contributed by atoms with Gasteiger partial charge in [0.2, 0.25) is 0 Å². The van der Waals surface area contributed by atoms with Gasteiger partial charge in [0.15, 0.2) is 11.5 Å². The van der Waals surface area contributed by atoms with Crippen molar-refractivity contribution in [2.75, 3.05) is 20.3 Å². The fraction of sp³-hybridized carbons (Fsp3) is 0.625. The molecule has 4 heteroatoms. The maximum Gasteiger partial charge on any atom is 0.161 e. The lowest BCUT2D eigenvalue weighted by molar-refractivity contribution is -0.0201. The minimum absolute atomic E-state index is 0.371. The van der Waals surface area contributed by atoms with Crippen molar-refractivity contribution in [3.05, 3.63) is 23.8 Å². The molecule has 0 saturated heterocycles. The van der Waals surface area contributed by atoms with Crippen LogP contribution in [0.4, 0.5) is 0 Å². The first-order chi connectivity index (χ1) is 9.43. The third kappa shape index (κ3) is 4.69. The third-order valence-electron chi connectivity index (χ3n) is 3.19. The minimum atomic E-state index is -0.597. The maximum atomic E-state index is 10.3. The van der Waals surface area contributed by atoms with Crippen molar-refractivity contribution < 1.29 is 19.3 Å². The van der Waals surface area contributed by atoms with E-state index in [1.807, 2.05) is 45.9 Å². The van der Waals surface area contributed by atoms with Crippen LogP contribution in [-0.4, -0.2) is 31.0 Å². The zero-order valence-corrected chi connectivity index (χ0v) is 13.1. The Morgan fingerprint density at radius 2 is 1.70 bits per heavy atom. The van der Waals surface area contributed by atoms with Crippen LogP contribution in [0.15, 0.2) is 18.2 Å². The Hall–Kier alpha value is -1.26. The van der Waals surface area contributed by atoms with E-state index in [9.17, 15) is 5.11 Å². The predicted octanol–water partition coefficient (Wildman–Crippen LogP) is 3.33. The summed E-state index contributed by atoms with van der Waals surface area (Å²) < 4.78 is 16.4. The van der Waals surface area contributed by atoms with E-state index >= 15 is 0 Å². The SMILES string of the molecule is CCOc1ccc(C(O)CC(C)(C)OC)cc1OCC. The number of rotatable bonds is 8. The first kappa shape index (κ1) is 16.8. The highest BCUT2D eigenvalue weighted by molar-refractivity contribution is 5.43. The second-order valence-corrected chi connectivity index (χ2v) is 5.26. The van der Waals surface area contributed by atoms with Crippen LogP contribution in [0.1, 0.15) is 45.8 Å². The Bertz CT molecular complexity index is 415. The average molecular weight is 282 g/mol. The van der Waals surface area contributed by atoms with Crippen LogP contribution in [0.2, 0.25) is 0 Å². The van der Waals surface area contributed by atoms with Gasteiger partial charge in [0.1, 0.15) is 0 Å². The molecule has 0 amide bonds. The van der Waals surface area contributed by atoms with Crippen molar-refractivity contribution in [3.63, 3.8) is 0 Å². The van der Waals surface area contributed by atoms with Crippen molar-refractivity contribution in [2.45, 2.75) is 45.8 Å². The highest BCUT2D eigenvalue weighted by Crippen LogP contribution is 2.33. The van der Waals surface area contributed by atoms with Crippen molar-refractivity contribution in [1.82, 2.24) is 0 Å². The lowest BCUT2D eigenvalue weighted by Gasteiger charge is -2.26. The smallest absolute Gasteiger partial charge is 0.161 e. The Balaban J connectivity index is 2.92. The van der Waals surface area contributed by atoms with Crippen molar-refractivity contribution in [1.29, 1.82) is 0 Å². The second kappa shape index (κ2) is 7.50. The molecule has 0 spiro atoms. The molecule has 1 rings (SSSR count). The zero-order valence-electron chi connectivity index (χ0n) is 13.1. The molecule has 0 aliphatic heterocycles. The molecule has 1 aromatic carbocycles. The van der Waals surface area contributed by atoms with Crippen molar-refractivity contribution in [2.24, 2.45) is 0 Å². The normalized spacial score (nSPS) is 13.1. The van der Waals surface area contributed by atoms with Gasteiger partial charge < -0.3 is 19.3 Å². The van der Waals surface area contributed by atoms with E-state index < -0.39 is 6.10 Å². The van der Waals surface area contributed by atoms with E-state index in [2.05, 4.69) is 0 Å². The fourth-order valence-corrected chi connectivity index (χ4v) is 1.94. The molecular weight excluding hydrogens is 256 g/mol. The number of aliphatic hydroxyl groups is 1. The Labute approximate surface area is 121 Å². The van der Waals surface area contributed by atoms with E-state index in [1.165, 1.54) is 0 Å². The third-order valence-corrected chi connectivity index (χ3v) is 3.19. The standard InChI is InChI=1S/C16H26O4/c1-6-19-14-9-8-12(10-15(14)20-7-2)13(17)11-16(3,4)18-5/h8-10,13,17H,6-7,11H2,1-5H3. The molecule has 1 unspecified atom stereocenters. The second-order valence-electron chi connectivity index (χ2n) is 5.26. The molecule has 1 atom stereocenters. The van der Waals surface area contributed by atoms with Gasteiger partial charge in [-0.25, -0.2) is 0 Å². The monoisotopic (exact) mass is 282 g/mol. The molecule has 0 aliphatic carbocycles. The van der Waals surface area contributed by atoms with Gasteiger partial charge >= 0.3 is 0 Å². The van der Waals surface area contributed by atoms with Gasteiger partial charge in [0.25, 0.3) is 0 Å². The van der Waals surface area contributed by atoms with Crippen LogP contribution in [0.3, 0.4) is 0 Å². The summed E-state index contributed by atoms with van der Waals surface area (Å²) in [4.78, 5) is 0. The summed E-state index contributed by atoms with van der Waals surface area (Å²) in [5.74, 6) is 1.37. The van der Waals surface area contributed by atoms with Gasteiger partial charge in [-0.3, -0.25) is 0 Å². The molecule has 0 aromatic heterocycles. The zero-order chi connectivity index (χ0) is 15.2.